The smallest absolute Gasteiger partial charge is 0.0450 e. The summed E-state index contributed by atoms with van der Waals surface area (Å²) < 4.78 is 0. The van der Waals surface area contributed by atoms with Gasteiger partial charge in [0, 0.05) is 18.1 Å². The molecule has 2 rings (SSSR count). The first-order valence-corrected chi connectivity index (χ1v) is 8.29. The van der Waals surface area contributed by atoms with Crippen LogP contribution < -0.4 is 5.73 Å². The van der Waals surface area contributed by atoms with Gasteiger partial charge in [-0.3, -0.25) is 4.90 Å². The number of aryl methyl sites for hydroxylation is 1. The van der Waals surface area contributed by atoms with Crippen LogP contribution in [0, 0.1) is 6.92 Å². The molecule has 1 heterocycles. The number of rotatable bonds is 5. The summed E-state index contributed by atoms with van der Waals surface area (Å²) in [6.45, 7) is 10.2. The van der Waals surface area contributed by atoms with E-state index in [9.17, 15) is 0 Å². The normalized spacial score (nSPS) is 20.7. The summed E-state index contributed by atoms with van der Waals surface area (Å²) in [5.74, 6) is 0. The molecule has 3 heteroatoms. The van der Waals surface area contributed by atoms with Gasteiger partial charge in [-0.25, -0.2) is 0 Å². The third-order valence-electron chi connectivity index (χ3n) is 5.20. The number of benzene rings is 1. The highest BCUT2D eigenvalue weighted by atomic mass is 15.2. The van der Waals surface area contributed by atoms with Crippen LogP contribution in [0.15, 0.2) is 24.3 Å². The van der Waals surface area contributed by atoms with E-state index in [1.165, 1.54) is 43.6 Å². The predicted octanol–water partition coefficient (Wildman–Crippen LogP) is 2.80. The molecule has 0 bridgehead atoms. The Bertz CT molecular complexity index is 421. The van der Waals surface area contributed by atoms with Crippen LogP contribution in [0.2, 0.25) is 0 Å². The highest BCUT2D eigenvalue weighted by Crippen LogP contribution is 2.23. The molecule has 0 aromatic heterocycles. The van der Waals surface area contributed by atoms with Crippen molar-refractivity contribution >= 4 is 0 Å². The molecule has 0 spiro atoms. The van der Waals surface area contributed by atoms with Gasteiger partial charge < -0.3 is 10.6 Å². The number of likely N-dealkylation sites (tertiary alicyclic amines) is 1. The van der Waals surface area contributed by atoms with Crippen molar-refractivity contribution in [1.29, 1.82) is 0 Å². The van der Waals surface area contributed by atoms with Crippen LogP contribution in [-0.4, -0.2) is 48.6 Å². The van der Waals surface area contributed by atoms with Crippen LogP contribution in [-0.2, 0) is 0 Å². The number of nitrogens with zero attached hydrogens (tertiary/aromatic N) is 2. The van der Waals surface area contributed by atoms with Gasteiger partial charge in [0.15, 0.2) is 0 Å². The summed E-state index contributed by atoms with van der Waals surface area (Å²) in [4.78, 5) is 5.03. The standard InChI is InChI=1S/C18H31N3/c1-5-21-12-10-17(11-13-21)20(4)15(3)18(19)16-8-6-14(2)7-9-16/h6-9,15,17-18H,5,10-13,19H2,1-4H3. The van der Waals surface area contributed by atoms with Gasteiger partial charge >= 0.3 is 0 Å². The maximum atomic E-state index is 6.50. The van der Waals surface area contributed by atoms with Gasteiger partial charge in [-0.05, 0) is 58.9 Å². The van der Waals surface area contributed by atoms with Crippen molar-refractivity contribution < 1.29 is 0 Å². The van der Waals surface area contributed by atoms with E-state index in [0.717, 1.165) is 0 Å². The number of hydrogen-bond acceptors (Lipinski definition) is 3. The van der Waals surface area contributed by atoms with Crippen molar-refractivity contribution in [2.75, 3.05) is 26.7 Å². The highest BCUT2D eigenvalue weighted by Gasteiger charge is 2.27. The lowest BCUT2D eigenvalue weighted by molar-refractivity contribution is 0.0944. The first-order valence-electron chi connectivity index (χ1n) is 8.29. The second kappa shape index (κ2) is 7.39. The Labute approximate surface area is 130 Å². The second-order valence-electron chi connectivity index (χ2n) is 6.51. The molecule has 0 amide bonds. The average Bonchev–Trinajstić information content (AvgIpc) is 2.53. The van der Waals surface area contributed by atoms with Crippen molar-refractivity contribution in [2.24, 2.45) is 5.73 Å². The fraction of sp³-hybridized carbons (Fsp3) is 0.667. The lowest BCUT2D eigenvalue weighted by atomic mass is 9.96. The van der Waals surface area contributed by atoms with Gasteiger partial charge in [0.05, 0.1) is 0 Å². The second-order valence-corrected chi connectivity index (χ2v) is 6.51. The first-order chi connectivity index (χ1) is 10.0. The minimum atomic E-state index is 0.0832. The molecule has 0 saturated carbocycles. The molecule has 21 heavy (non-hydrogen) atoms. The van der Waals surface area contributed by atoms with Gasteiger partial charge in [-0.1, -0.05) is 36.8 Å². The molecule has 1 aliphatic heterocycles. The summed E-state index contributed by atoms with van der Waals surface area (Å²) in [6, 6.07) is 9.77. The van der Waals surface area contributed by atoms with Gasteiger partial charge in [0.1, 0.15) is 0 Å². The van der Waals surface area contributed by atoms with Crippen molar-refractivity contribution in [3.63, 3.8) is 0 Å². The Hall–Kier alpha value is -0.900. The van der Waals surface area contributed by atoms with Crippen LogP contribution in [0.25, 0.3) is 0 Å². The van der Waals surface area contributed by atoms with E-state index in [4.69, 9.17) is 5.73 Å². The van der Waals surface area contributed by atoms with E-state index >= 15 is 0 Å². The van der Waals surface area contributed by atoms with Gasteiger partial charge in [-0.15, -0.1) is 0 Å². The third kappa shape index (κ3) is 4.06. The molecule has 1 aromatic carbocycles. The van der Waals surface area contributed by atoms with Gasteiger partial charge in [0.25, 0.3) is 0 Å². The largest absolute Gasteiger partial charge is 0.323 e. The zero-order valence-corrected chi connectivity index (χ0v) is 14.0. The Balaban J connectivity index is 1.95. The molecule has 1 aliphatic rings. The lowest BCUT2D eigenvalue weighted by Crippen LogP contribution is -2.49. The fourth-order valence-corrected chi connectivity index (χ4v) is 3.30. The van der Waals surface area contributed by atoms with E-state index in [1.807, 2.05) is 0 Å². The lowest BCUT2D eigenvalue weighted by Gasteiger charge is -2.40. The molecule has 2 unspecified atom stereocenters. The molecule has 118 valence electrons. The Morgan fingerprint density at radius 2 is 1.81 bits per heavy atom. The van der Waals surface area contributed by atoms with Crippen LogP contribution >= 0.6 is 0 Å². The number of piperidine rings is 1. The Kier molecular flexibility index (Phi) is 5.80. The van der Waals surface area contributed by atoms with Gasteiger partial charge in [-0.2, -0.15) is 0 Å². The SMILES string of the molecule is CCN1CCC(N(C)C(C)C(N)c2ccc(C)cc2)CC1. The van der Waals surface area contributed by atoms with Crippen molar-refractivity contribution in [3.8, 4) is 0 Å². The molecule has 0 aliphatic carbocycles. The summed E-state index contributed by atoms with van der Waals surface area (Å²) in [7, 11) is 2.24. The van der Waals surface area contributed by atoms with Crippen molar-refractivity contribution in [1.82, 2.24) is 9.80 Å². The van der Waals surface area contributed by atoms with E-state index < -0.39 is 0 Å². The van der Waals surface area contributed by atoms with Crippen molar-refractivity contribution in [3.05, 3.63) is 35.4 Å². The van der Waals surface area contributed by atoms with Gasteiger partial charge in [0.2, 0.25) is 0 Å². The molecule has 2 atom stereocenters. The molecule has 2 N–H and O–H groups in total. The molecular formula is C18H31N3. The fourth-order valence-electron chi connectivity index (χ4n) is 3.30. The number of hydrogen-bond donors (Lipinski definition) is 1. The Morgan fingerprint density at radius 1 is 1.24 bits per heavy atom. The van der Waals surface area contributed by atoms with E-state index in [-0.39, 0.29) is 6.04 Å². The summed E-state index contributed by atoms with van der Waals surface area (Å²) in [5.41, 5.74) is 9.03. The van der Waals surface area contributed by atoms with Crippen LogP contribution in [0.5, 0.6) is 0 Å². The maximum absolute atomic E-state index is 6.50. The zero-order chi connectivity index (χ0) is 15.4. The monoisotopic (exact) mass is 289 g/mol. The van der Waals surface area contributed by atoms with Crippen LogP contribution in [0.4, 0.5) is 0 Å². The van der Waals surface area contributed by atoms with Crippen LogP contribution in [0.1, 0.15) is 43.9 Å². The Morgan fingerprint density at radius 3 is 2.33 bits per heavy atom. The number of nitrogens with two attached hydrogens (primary N) is 1. The minimum Gasteiger partial charge on any atom is -0.323 e. The molecule has 1 aromatic rings. The molecule has 3 nitrogen and oxygen atoms in total. The maximum Gasteiger partial charge on any atom is 0.0450 e. The molecule has 1 saturated heterocycles. The van der Waals surface area contributed by atoms with E-state index in [0.29, 0.717) is 12.1 Å². The third-order valence-corrected chi connectivity index (χ3v) is 5.20. The topological polar surface area (TPSA) is 32.5 Å². The summed E-state index contributed by atoms with van der Waals surface area (Å²) in [6.07, 6.45) is 2.52. The number of likely N-dealkylation sites (N-methyl/N-ethyl adjacent to an activating group) is 1. The van der Waals surface area contributed by atoms with Crippen molar-refractivity contribution in [2.45, 2.75) is 51.7 Å². The summed E-state index contributed by atoms with van der Waals surface area (Å²) in [5, 5.41) is 0. The zero-order valence-electron chi connectivity index (χ0n) is 14.0. The van der Waals surface area contributed by atoms with Crippen LogP contribution in [0.3, 0.4) is 0 Å². The quantitative estimate of drug-likeness (QED) is 0.904. The van der Waals surface area contributed by atoms with E-state index in [1.54, 1.807) is 0 Å². The average molecular weight is 289 g/mol. The predicted molar refractivity (Wildman–Crippen MR) is 90.5 cm³/mol. The first kappa shape index (κ1) is 16.5. The molecule has 1 fully saturated rings. The van der Waals surface area contributed by atoms with E-state index in [2.05, 4.69) is 61.9 Å². The molecule has 0 radical (unpaired) electrons. The minimum absolute atomic E-state index is 0.0832. The molecular weight excluding hydrogens is 258 g/mol. The highest BCUT2D eigenvalue weighted by molar-refractivity contribution is 5.24. The summed E-state index contributed by atoms with van der Waals surface area (Å²) >= 11 is 0.